The van der Waals surface area contributed by atoms with Crippen molar-refractivity contribution in [3.05, 3.63) is 28.8 Å². The summed E-state index contributed by atoms with van der Waals surface area (Å²) in [6, 6.07) is 3.18. The predicted octanol–water partition coefficient (Wildman–Crippen LogP) is 2.78. The molecule has 1 aromatic rings. The maximum atomic E-state index is 13.2. The van der Waals surface area contributed by atoms with Crippen LogP contribution in [0.15, 0.2) is 18.2 Å². The smallest absolute Gasteiger partial charge is 0.355 e. The number of carbonyl (C=O) groups is 2. The van der Waals surface area contributed by atoms with E-state index in [2.05, 4.69) is 5.32 Å². The Morgan fingerprint density at radius 1 is 1.20 bits per heavy atom. The van der Waals surface area contributed by atoms with Gasteiger partial charge in [0, 0.05) is 38.0 Å². The van der Waals surface area contributed by atoms with Gasteiger partial charge >= 0.3 is 6.18 Å². The van der Waals surface area contributed by atoms with E-state index in [-0.39, 0.29) is 29.6 Å². The number of likely N-dealkylation sites (N-methyl/N-ethyl adjacent to an activating group) is 1. The summed E-state index contributed by atoms with van der Waals surface area (Å²) in [6.07, 6.45) is -4.77. The summed E-state index contributed by atoms with van der Waals surface area (Å²) in [5.41, 5.74) is -1.33. The quantitative estimate of drug-likeness (QED) is 0.792. The van der Waals surface area contributed by atoms with Gasteiger partial charge in [0.05, 0.1) is 11.3 Å². The monoisotopic (exact) mass is 379 g/mol. The van der Waals surface area contributed by atoms with E-state index in [4.69, 9.17) is 11.6 Å². The van der Waals surface area contributed by atoms with Gasteiger partial charge in [0.25, 0.3) is 0 Å². The molecule has 0 aromatic heterocycles. The van der Waals surface area contributed by atoms with Crippen LogP contribution in [0.4, 0.5) is 18.9 Å². The Balaban J connectivity index is 2.88. The van der Waals surface area contributed by atoms with Crippen molar-refractivity contribution < 1.29 is 22.8 Å². The van der Waals surface area contributed by atoms with Crippen molar-refractivity contribution in [1.82, 2.24) is 10.2 Å². The van der Waals surface area contributed by atoms with Gasteiger partial charge in [-0.25, -0.2) is 0 Å². The fraction of sp³-hybridized carbons (Fsp3) is 0.500. The number of carbonyl (C=O) groups excluding carboxylic acids is 2. The summed E-state index contributed by atoms with van der Waals surface area (Å²) < 4.78 is 39.6. The Kier molecular flexibility index (Phi) is 7.69. The highest BCUT2D eigenvalue weighted by Gasteiger charge is 2.36. The lowest BCUT2D eigenvalue weighted by Crippen LogP contribution is -2.36. The second-order valence-electron chi connectivity index (χ2n) is 5.73. The van der Waals surface area contributed by atoms with E-state index < -0.39 is 17.6 Å². The minimum atomic E-state index is -4.66. The Morgan fingerprint density at radius 3 is 2.36 bits per heavy atom. The summed E-state index contributed by atoms with van der Waals surface area (Å²) in [7, 11) is 3.70. The van der Waals surface area contributed by atoms with Crippen LogP contribution in [0.1, 0.15) is 18.9 Å². The van der Waals surface area contributed by atoms with Crippen LogP contribution in [0.5, 0.6) is 0 Å². The number of hydrogen-bond donors (Lipinski definition) is 1. The summed E-state index contributed by atoms with van der Waals surface area (Å²) in [6.45, 7) is 2.05. The number of benzene rings is 1. The number of nitrogens with zero attached hydrogens (tertiary/aromatic N) is 2. The number of halogens is 4. The van der Waals surface area contributed by atoms with Crippen LogP contribution in [0, 0.1) is 0 Å². The fourth-order valence-corrected chi connectivity index (χ4v) is 2.31. The van der Waals surface area contributed by atoms with E-state index >= 15 is 0 Å². The topological polar surface area (TPSA) is 52.7 Å². The van der Waals surface area contributed by atoms with E-state index in [1.807, 2.05) is 19.0 Å². The van der Waals surface area contributed by atoms with Gasteiger partial charge in [0.15, 0.2) is 0 Å². The molecule has 2 amide bonds. The first-order valence-corrected chi connectivity index (χ1v) is 7.96. The van der Waals surface area contributed by atoms with Gasteiger partial charge in [0.2, 0.25) is 11.8 Å². The highest BCUT2D eigenvalue weighted by atomic mass is 35.5. The molecule has 25 heavy (non-hydrogen) atoms. The number of rotatable bonds is 7. The number of nitrogens with one attached hydrogen (secondary N) is 1. The zero-order chi connectivity index (χ0) is 19.2. The van der Waals surface area contributed by atoms with Gasteiger partial charge < -0.3 is 15.1 Å². The third-order valence-corrected chi connectivity index (χ3v) is 3.61. The predicted molar refractivity (Wildman–Crippen MR) is 90.7 cm³/mol. The van der Waals surface area contributed by atoms with Gasteiger partial charge in [-0.15, -0.1) is 0 Å². The van der Waals surface area contributed by atoms with Crippen molar-refractivity contribution in [2.75, 3.05) is 38.6 Å². The highest BCUT2D eigenvalue weighted by molar-refractivity contribution is 6.30. The summed E-state index contributed by atoms with van der Waals surface area (Å²) in [5, 5.41) is 2.57. The maximum Gasteiger partial charge on any atom is 0.418 e. The van der Waals surface area contributed by atoms with Crippen LogP contribution in [-0.4, -0.2) is 50.4 Å². The molecule has 0 radical (unpaired) electrons. The SMILES string of the molecule is CC(=O)N(CCC(=O)NCCN(C)C)c1ccc(Cl)cc1C(F)(F)F. The normalized spacial score (nSPS) is 11.5. The molecule has 9 heteroatoms. The lowest BCUT2D eigenvalue weighted by Gasteiger charge is -2.25. The Hall–Kier alpha value is -1.80. The molecule has 1 aromatic carbocycles. The maximum absolute atomic E-state index is 13.2. The molecule has 1 rings (SSSR count). The van der Waals surface area contributed by atoms with Crippen LogP contribution in [0.3, 0.4) is 0 Å². The average molecular weight is 380 g/mol. The molecule has 0 saturated carbocycles. The fourth-order valence-electron chi connectivity index (χ4n) is 2.14. The number of alkyl halides is 3. The molecule has 0 aliphatic rings. The largest absolute Gasteiger partial charge is 0.418 e. The van der Waals surface area contributed by atoms with Crippen LogP contribution < -0.4 is 10.2 Å². The van der Waals surface area contributed by atoms with E-state index in [9.17, 15) is 22.8 Å². The van der Waals surface area contributed by atoms with Gasteiger partial charge in [-0.3, -0.25) is 9.59 Å². The van der Waals surface area contributed by atoms with Crippen molar-refractivity contribution in [1.29, 1.82) is 0 Å². The molecule has 0 fully saturated rings. The summed E-state index contributed by atoms with van der Waals surface area (Å²) in [4.78, 5) is 26.4. The van der Waals surface area contributed by atoms with Crippen molar-refractivity contribution in [3.63, 3.8) is 0 Å². The molecule has 0 saturated heterocycles. The van der Waals surface area contributed by atoms with Gasteiger partial charge in [-0.2, -0.15) is 13.2 Å². The molecular formula is C16H21ClF3N3O2. The first kappa shape index (κ1) is 21.2. The Labute approximate surface area is 149 Å². The van der Waals surface area contributed by atoms with Crippen LogP contribution in [-0.2, 0) is 15.8 Å². The van der Waals surface area contributed by atoms with Gasteiger partial charge in [-0.05, 0) is 32.3 Å². The molecule has 0 spiro atoms. The van der Waals surface area contributed by atoms with Crippen LogP contribution >= 0.6 is 11.6 Å². The molecule has 5 nitrogen and oxygen atoms in total. The van der Waals surface area contributed by atoms with Crippen molar-refractivity contribution in [2.24, 2.45) is 0 Å². The second kappa shape index (κ2) is 9.05. The third kappa shape index (κ3) is 6.91. The first-order valence-electron chi connectivity index (χ1n) is 7.58. The lowest BCUT2D eigenvalue weighted by atomic mass is 10.1. The number of anilines is 1. The summed E-state index contributed by atoms with van der Waals surface area (Å²) in [5.74, 6) is -0.926. The Morgan fingerprint density at radius 2 is 1.84 bits per heavy atom. The van der Waals surface area contributed by atoms with Crippen molar-refractivity contribution >= 4 is 29.1 Å². The minimum Gasteiger partial charge on any atom is -0.355 e. The summed E-state index contributed by atoms with van der Waals surface area (Å²) >= 11 is 5.65. The van der Waals surface area contributed by atoms with Crippen molar-refractivity contribution in [2.45, 2.75) is 19.5 Å². The lowest BCUT2D eigenvalue weighted by molar-refractivity contribution is -0.137. The molecule has 0 atom stereocenters. The molecule has 0 aliphatic carbocycles. The molecule has 0 unspecified atom stereocenters. The molecular weight excluding hydrogens is 359 g/mol. The van der Waals surface area contributed by atoms with E-state index in [1.54, 1.807) is 0 Å². The standard InChI is InChI=1S/C16H21ClF3N3O2/c1-11(24)23(8-6-15(25)21-7-9-22(2)3)14-5-4-12(17)10-13(14)16(18,19)20/h4-5,10H,6-9H2,1-3H3,(H,21,25). The van der Waals surface area contributed by atoms with Crippen molar-refractivity contribution in [3.8, 4) is 0 Å². The van der Waals surface area contributed by atoms with E-state index in [1.165, 1.54) is 6.07 Å². The zero-order valence-corrected chi connectivity index (χ0v) is 15.0. The molecule has 0 bridgehead atoms. The van der Waals surface area contributed by atoms with Gasteiger partial charge in [0.1, 0.15) is 0 Å². The molecule has 0 aliphatic heterocycles. The Bertz CT molecular complexity index is 621. The minimum absolute atomic E-state index is 0.0824. The third-order valence-electron chi connectivity index (χ3n) is 3.38. The van der Waals surface area contributed by atoms with E-state index in [0.29, 0.717) is 13.1 Å². The van der Waals surface area contributed by atoms with Crippen LogP contribution in [0.25, 0.3) is 0 Å². The first-order chi connectivity index (χ1) is 11.5. The zero-order valence-electron chi connectivity index (χ0n) is 14.3. The van der Waals surface area contributed by atoms with E-state index in [0.717, 1.165) is 24.0 Å². The highest BCUT2D eigenvalue weighted by Crippen LogP contribution is 2.38. The average Bonchev–Trinajstić information content (AvgIpc) is 2.47. The van der Waals surface area contributed by atoms with Crippen LogP contribution in [0.2, 0.25) is 5.02 Å². The second-order valence-corrected chi connectivity index (χ2v) is 6.17. The molecule has 0 heterocycles. The molecule has 140 valence electrons. The number of hydrogen-bond acceptors (Lipinski definition) is 3. The molecule has 1 N–H and O–H groups in total. The van der Waals surface area contributed by atoms with Gasteiger partial charge in [-0.1, -0.05) is 11.6 Å². The number of amides is 2.